The van der Waals surface area contributed by atoms with Crippen molar-refractivity contribution in [3.8, 4) is 0 Å². The van der Waals surface area contributed by atoms with Gasteiger partial charge in [-0.25, -0.2) is 0 Å². The van der Waals surface area contributed by atoms with Crippen molar-refractivity contribution in [2.75, 3.05) is 0 Å². The van der Waals surface area contributed by atoms with Gasteiger partial charge in [-0.05, 0) is 31.4 Å². The van der Waals surface area contributed by atoms with Crippen molar-refractivity contribution in [3.05, 3.63) is 38.4 Å². The van der Waals surface area contributed by atoms with Crippen LogP contribution in [0, 0.1) is 6.92 Å². The number of H-pyrrole nitrogens is 1. The summed E-state index contributed by atoms with van der Waals surface area (Å²) in [6, 6.07) is 0. The summed E-state index contributed by atoms with van der Waals surface area (Å²) in [4.78, 5) is 13.9. The van der Waals surface area contributed by atoms with Crippen LogP contribution in [-0.2, 0) is 12.6 Å². The third kappa shape index (κ3) is 1.94. The lowest BCUT2D eigenvalue weighted by Crippen LogP contribution is -2.25. The van der Waals surface area contributed by atoms with Crippen molar-refractivity contribution in [2.45, 2.75) is 25.9 Å². The second kappa shape index (κ2) is 3.65. The molecule has 1 aliphatic carbocycles. The van der Waals surface area contributed by atoms with Crippen molar-refractivity contribution in [3.63, 3.8) is 0 Å². The molecular formula is C11H11F3N2O. The molecule has 1 aromatic rings. The van der Waals surface area contributed by atoms with Crippen LogP contribution in [0.4, 0.5) is 13.2 Å². The molecular weight excluding hydrogens is 233 g/mol. The highest BCUT2D eigenvalue weighted by Gasteiger charge is 2.37. The predicted octanol–water partition coefficient (Wildman–Crippen LogP) is 1.95. The van der Waals surface area contributed by atoms with Gasteiger partial charge >= 0.3 is 6.18 Å². The van der Waals surface area contributed by atoms with Gasteiger partial charge < -0.3 is 10.7 Å². The molecule has 17 heavy (non-hydrogen) atoms. The molecule has 0 unspecified atom stereocenters. The lowest BCUT2D eigenvalue weighted by atomic mass is 9.92. The van der Waals surface area contributed by atoms with Crippen LogP contribution in [0.25, 0.3) is 6.08 Å². The van der Waals surface area contributed by atoms with Crippen molar-refractivity contribution < 1.29 is 13.2 Å². The molecule has 0 amide bonds. The average Bonchev–Trinajstić information content (AvgIpc) is 2.18. The zero-order valence-corrected chi connectivity index (χ0v) is 9.11. The van der Waals surface area contributed by atoms with Crippen molar-refractivity contribution in [1.82, 2.24) is 4.98 Å². The molecule has 0 saturated carbocycles. The third-order valence-electron chi connectivity index (χ3n) is 2.87. The molecule has 0 radical (unpaired) electrons. The molecule has 3 nitrogen and oxygen atoms in total. The van der Waals surface area contributed by atoms with Crippen LogP contribution in [0.3, 0.4) is 0 Å². The number of hydrogen-bond acceptors (Lipinski definition) is 2. The van der Waals surface area contributed by atoms with Gasteiger partial charge in [-0.15, -0.1) is 0 Å². The lowest BCUT2D eigenvalue weighted by molar-refractivity contribution is -0.138. The number of hydrogen-bond donors (Lipinski definition) is 2. The van der Waals surface area contributed by atoms with Crippen LogP contribution in [0.1, 0.15) is 28.8 Å². The SMILES string of the molecule is Cc1c(C(F)(F)F)c2c([nH]c1=O)C=C(N)CC2. The number of pyridine rings is 1. The summed E-state index contributed by atoms with van der Waals surface area (Å²) in [7, 11) is 0. The number of nitrogens with two attached hydrogens (primary N) is 1. The Hall–Kier alpha value is -1.72. The van der Waals surface area contributed by atoms with E-state index in [1.54, 1.807) is 0 Å². The molecule has 92 valence electrons. The fourth-order valence-electron chi connectivity index (χ4n) is 2.06. The fraction of sp³-hybridized carbons (Fsp3) is 0.364. The smallest absolute Gasteiger partial charge is 0.402 e. The molecule has 2 rings (SSSR count). The van der Waals surface area contributed by atoms with Gasteiger partial charge in [0.1, 0.15) is 0 Å². The van der Waals surface area contributed by atoms with Crippen LogP contribution in [0.5, 0.6) is 0 Å². The normalized spacial score (nSPS) is 15.4. The zero-order chi connectivity index (χ0) is 12.8. The molecule has 0 saturated heterocycles. The number of rotatable bonds is 0. The zero-order valence-electron chi connectivity index (χ0n) is 9.11. The highest BCUT2D eigenvalue weighted by atomic mass is 19.4. The Kier molecular flexibility index (Phi) is 2.52. The first-order valence-corrected chi connectivity index (χ1v) is 5.09. The van der Waals surface area contributed by atoms with Gasteiger partial charge in [0, 0.05) is 17.0 Å². The number of fused-ring (bicyclic) bond motifs is 1. The maximum Gasteiger partial charge on any atom is 0.417 e. The maximum atomic E-state index is 12.9. The Morgan fingerprint density at radius 1 is 1.35 bits per heavy atom. The van der Waals surface area contributed by atoms with Crippen molar-refractivity contribution in [2.24, 2.45) is 5.73 Å². The molecule has 0 aromatic carbocycles. The molecule has 0 spiro atoms. The molecule has 1 heterocycles. The van der Waals surface area contributed by atoms with Gasteiger partial charge in [0.15, 0.2) is 0 Å². The fourth-order valence-corrected chi connectivity index (χ4v) is 2.06. The minimum atomic E-state index is -4.51. The molecule has 0 fully saturated rings. The number of aromatic amines is 1. The van der Waals surface area contributed by atoms with Gasteiger partial charge in [-0.3, -0.25) is 4.79 Å². The highest BCUT2D eigenvalue weighted by molar-refractivity contribution is 5.58. The Labute approximate surface area is 95.1 Å². The Bertz CT molecular complexity index is 555. The van der Waals surface area contributed by atoms with Crippen LogP contribution >= 0.6 is 0 Å². The standard InChI is InChI=1S/C11H11F3N2O/c1-5-9(11(12,13)14)7-3-2-6(15)4-8(7)16-10(5)17/h4H,2-3,15H2,1H3,(H,16,17). The summed E-state index contributed by atoms with van der Waals surface area (Å²) in [5.74, 6) is 0. The first-order valence-electron chi connectivity index (χ1n) is 5.09. The topological polar surface area (TPSA) is 58.9 Å². The molecule has 0 bridgehead atoms. The first-order chi connectivity index (χ1) is 7.80. The average molecular weight is 244 g/mol. The first kappa shape index (κ1) is 11.8. The quantitative estimate of drug-likeness (QED) is 0.732. The van der Waals surface area contributed by atoms with E-state index >= 15 is 0 Å². The molecule has 3 N–H and O–H groups in total. The number of allylic oxidation sites excluding steroid dienone is 1. The number of nitrogens with one attached hydrogen (secondary N) is 1. The highest BCUT2D eigenvalue weighted by Crippen LogP contribution is 2.36. The van der Waals surface area contributed by atoms with E-state index in [-0.39, 0.29) is 23.2 Å². The summed E-state index contributed by atoms with van der Waals surface area (Å²) in [6.07, 6.45) is -2.54. The monoisotopic (exact) mass is 244 g/mol. The minimum absolute atomic E-state index is 0.129. The summed E-state index contributed by atoms with van der Waals surface area (Å²) in [6.45, 7) is 1.18. The van der Waals surface area contributed by atoms with Crippen LogP contribution in [0.2, 0.25) is 0 Å². The largest absolute Gasteiger partial charge is 0.417 e. The molecule has 6 heteroatoms. The van der Waals surface area contributed by atoms with Gasteiger partial charge in [0.2, 0.25) is 0 Å². The molecule has 0 atom stereocenters. The second-order valence-corrected chi connectivity index (χ2v) is 4.06. The van der Waals surface area contributed by atoms with E-state index in [2.05, 4.69) is 4.98 Å². The predicted molar refractivity (Wildman–Crippen MR) is 57.3 cm³/mol. The Morgan fingerprint density at radius 2 is 2.00 bits per heavy atom. The Morgan fingerprint density at radius 3 is 2.59 bits per heavy atom. The number of aromatic nitrogens is 1. The van der Waals surface area contributed by atoms with Gasteiger partial charge in [-0.1, -0.05) is 0 Å². The van der Waals surface area contributed by atoms with Gasteiger partial charge in [0.25, 0.3) is 5.56 Å². The van der Waals surface area contributed by atoms with Crippen LogP contribution in [0.15, 0.2) is 10.5 Å². The third-order valence-corrected chi connectivity index (χ3v) is 2.87. The number of alkyl halides is 3. The van der Waals surface area contributed by atoms with E-state index in [1.165, 1.54) is 13.0 Å². The van der Waals surface area contributed by atoms with E-state index in [0.717, 1.165) is 0 Å². The van der Waals surface area contributed by atoms with E-state index in [0.29, 0.717) is 12.1 Å². The van der Waals surface area contributed by atoms with E-state index < -0.39 is 17.3 Å². The summed E-state index contributed by atoms with van der Waals surface area (Å²) < 4.78 is 38.7. The van der Waals surface area contributed by atoms with E-state index in [1.807, 2.05) is 0 Å². The maximum absolute atomic E-state index is 12.9. The number of halogens is 3. The van der Waals surface area contributed by atoms with Crippen LogP contribution in [-0.4, -0.2) is 4.98 Å². The minimum Gasteiger partial charge on any atom is -0.402 e. The Balaban J connectivity index is 2.80. The molecule has 1 aliphatic rings. The summed E-state index contributed by atoms with van der Waals surface area (Å²) >= 11 is 0. The van der Waals surface area contributed by atoms with Crippen LogP contribution < -0.4 is 11.3 Å². The second-order valence-electron chi connectivity index (χ2n) is 4.06. The molecule has 0 aliphatic heterocycles. The summed E-state index contributed by atoms with van der Waals surface area (Å²) in [5, 5.41) is 0. The van der Waals surface area contributed by atoms with Gasteiger partial charge in [-0.2, -0.15) is 13.2 Å². The lowest BCUT2D eigenvalue weighted by Gasteiger charge is -2.20. The van der Waals surface area contributed by atoms with Crippen molar-refractivity contribution >= 4 is 6.08 Å². The molecule has 1 aromatic heterocycles. The van der Waals surface area contributed by atoms with Gasteiger partial charge in [0.05, 0.1) is 5.56 Å². The van der Waals surface area contributed by atoms with E-state index in [9.17, 15) is 18.0 Å². The van der Waals surface area contributed by atoms with Crippen molar-refractivity contribution in [1.29, 1.82) is 0 Å². The van der Waals surface area contributed by atoms with E-state index in [4.69, 9.17) is 5.73 Å². The summed E-state index contributed by atoms with van der Waals surface area (Å²) in [5.41, 5.74) is 4.51.